The van der Waals surface area contributed by atoms with Crippen LogP contribution in [0, 0.1) is 0 Å². The smallest absolute Gasteiger partial charge is 0.256 e. The highest BCUT2D eigenvalue weighted by atomic mass is 79.9. The Morgan fingerprint density at radius 3 is 2.96 bits per heavy atom. The van der Waals surface area contributed by atoms with Crippen molar-refractivity contribution in [2.45, 2.75) is 4.34 Å². The molecule has 0 aliphatic rings. The van der Waals surface area contributed by atoms with Gasteiger partial charge in [-0.2, -0.15) is 0 Å². The standard InChI is InChI=1S/C17H13BrN2OS2/c1-2-9-22-17-20-14-8-7-11(10-15(14)23-17)19-16(21)12-5-3-4-6-13(12)18/h2-8,10H,1,9H2,(H,19,21). The summed E-state index contributed by atoms with van der Waals surface area (Å²) in [7, 11) is 0. The molecule has 0 fully saturated rings. The molecule has 1 N–H and O–H groups in total. The molecule has 3 aromatic rings. The van der Waals surface area contributed by atoms with E-state index in [9.17, 15) is 4.79 Å². The van der Waals surface area contributed by atoms with E-state index in [4.69, 9.17) is 0 Å². The molecule has 3 rings (SSSR count). The van der Waals surface area contributed by atoms with Gasteiger partial charge < -0.3 is 5.32 Å². The number of nitrogens with one attached hydrogen (secondary N) is 1. The first-order chi connectivity index (χ1) is 11.2. The molecule has 0 saturated carbocycles. The number of hydrogen-bond acceptors (Lipinski definition) is 4. The van der Waals surface area contributed by atoms with Gasteiger partial charge in [0, 0.05) is 15.9 Å². The monoisotopic (exact) mass is 404 g/mol. The van der Waals surface area contributed by atoms with E-state index in [-0.39, 0.29) is 5.91 Å². The molecule has 0 unspecified atom stereocenters. The van der Waals surface area contributed by atoms with Gasteiger partial charge in [0.05, 0.1) is 15.8 Å². The average molecular weight is 405 g/mol. The molecular weight excluding hydrogens is 392 g/mol. The average Bonchev–Trinajstić information content (AvgIpc) is 2.95. The van der Waals surface area contributed by atoms with Gasteiger partial charge >= 0.3 is 0 Å². The second kappa shape index (κ2) is 7.29. The SMILES string of the molecule is C=CCSc1nc2ccc(NC(=O)c3ccccc3Br)cc2s1. The van der Waals surface area contributed by atoms with Crippen LogP contribution in [0.3, 0.4) is 0 Å². The van der Waals surface area contributed by atoms with Crippen molar-refractivity contribution < 1.29 is 4.79 Å². The van der Waals surface area contributed by atoms with E-state index >= 15 is 0 Å². The van der Waals surface area contributed by atoms with Crippen molar-refractivity contribution in [2.24, 2.45) is 0 Å². The highest BCUT2D eigenvalue weighted by Crippen LogP contribution is 2.31. The van der Waals surface area contributed by atoms with E-state index in [1.54, 1.807) is 29.2 Å². The number of amides is 1. The minimum absolute atomic E-state index is 0.136. The fourth-order valence-corrected chi connectivity index (χ4v) is 4.35. The summed E-state index contributed by atoms with van der Waals surface area (Å²) in [6.07, 6.45) is 1.86. The fraction of sp³-hybridized carbons (Fsp3) is 0.0588. The number of rotatable bonds is 5. The molecule has 0 saturated heterocycles. The van der Waals surface area contributed by atoms with E-state index in [1.165, 1.54) is 0 Å². The maximum Gasteiger partial charge on any atom is 0.256 e. The number of benzene rings is 2. The first kappa shape index (κ1) is 16.2. The van der Waals surface area contributed by atoms with Crippen molar-refractivity contribution in [3.8, 4) is 0 Å². The topological polar surface area (TPSA) is 42.0 Å². The summed E-state index contributed by atoms with van der Waals surface area (Å²) in [5, 5.41) is 2.93. The lowest BCUT2D eigenvalue weighted by Crippen LogP contribution is -2.12. The van der Waals surface area contributed by atoms with Gasteiger partial charge in [-0.15, -0.1) is 17.9 Å². The zero-order valence-electron chi connectivity index (χ0n) is 12.1. The van der Waals surface area contributed by atoms with Gasteiger partial charge in [0.1, 0.15) is 0 Å². The van der Waals surface area contributed by atoms with Gasteiger partial charge in [0.2, 0.25) is 0 Å². The lowest BCUT2D eigenvalue weighted by Gasteiger charge is -2.06. The van der Waals surface area contributed by atoms with E-state index < -0.39 is 0 Å². The molecule has 1 aromatic heterocycles. The summed E-state index contributed by atoms with van der Waals surface area (Å²) in [6.45, 7) is 3.72. The van der Waals surface area contributed by atoms with Crippen molar-refractivity contribution in [3.05, 3.63) is 65.2 Å². The van der Waals surface area contributed by atoms with Gasteiger partial charge in [-0.05, 0) is 46.3 Å². The van der Waals surface area contributed by atoms with Crippen LogP contribution in [0.15, 0.2) is 63.9 Å². The molecule has 0 aliphatic carbocycles. The van der Waals surface area contributed by atoms with Crippen LogP contribution in [0.5, 0.6) is 0 Å². The van der Waals surface area contributed by atoms with Crippen LogP contribution in [0.1, 0.15) is 10.4 Å². The number of halogens is 1. The number of anilines is 1. The molecule has 0 atom stereocenters. The quantitative estimate of drug-likeness (QED) is 0.445. The van der Waals surface area contributed by atoms with Crippen LogP contribution in [0.25, 0.3) is 10.2 Å². The van der Waals surface area contributed by atoms with Crippen LogP contribution in [0.4, 0.5) is 5.69 Å². The second-order valence-corrected chi connectivity index (χ2v) is 7.85. The van der Waals surface area contributed by atoms with E-state index in [0.717, 1.165) is 30.5 Å². The zero-order chi connectivity index (χ0) is 16.2. The maximum atomic E-state index is 12.3. The van der Waals surface area contributed by atoms with E-state index in [2.05, 4.69) is 32.8 Å². The Morgan fingerprint density at radius 2 is 2.17 bits per heavy atom. The zero-order valence-corrected chi connectivity index (χ0v) is 15.3. The minimum atomic E-state index is -0.136. The Balaban J connectivity index is 1.81. The number of thiazole rings is 1. The van der Waals surface area contributed by atoms with Gasteiger partial charge in [-0.1, -0.05) is 30.0 Å². The van der Waals surface area contributed by atoms with Crippen LogP contribution in [0.2, 0.25) is 0 Å². The lowest BCUT2D eigenvalue weighted by molar-refractivity contribution is 0.102. The molecule has 1 amide bonds. The molecule has 3 nitrogen and oxygen atoms in total. The summed E-state index contributed by atoms with van der Waals surface area (Å²) in [6, 6.07) is 13.1. The first-order valence-corrected chi connectivity index (χ1v) is 9.47. The van der Waals surface area contributed by atoms with Gasteiger partial charge in [0.15, 0.2) is 4.34 Å². The number of hydrogen-bond donors (Lipinski definition) is 1. The Morgan fingerprint density at radius 1 is 1.35 bits per heavy atom. The van der Waals surface area contributed by atoms with Gasteiger partial charge in [-0.25, -0.2) is 4.98 Å². The molecule has 2 aromatic carbocycles. The van der Waals surface area contributed by atoms with E-state index in [1.807, 2.05) is 42.5 Å². The fourth-order valence-electron chi connectivity index (χ4n) is 2.02. The van der Waals surface area contributed by atoms with Crippen LogP contribution >= 0.6 is 39.0 Å². The molecule has 1 heterocycles. The summed E-state index contributed by atoms with van der Waals surface area (Å²) < 4.78 is 2.84. The number of nitrogens with zero attached hydrogens (tertiary/aromatic N) is 1. The third-order valence-corrected chi connectivity index (χ3v) is 5.92. The van der Waals surface area contributed by atoms with Gasteiger partial charge in [-0.3, -0.25) is 4.79 Å². The minimum Gasteiger partial charge on any atom is -0.322 e. The van der Waals surface area contributed by atoms with Crippen molar-refractivity contribution in [3.63, 3.8) is 0 Å². The summed E-state index contributed by atoms with van der Waals surface area (Å²) in [4.78, 5) is 16.9. The Labute approximate surface area is 151 Å². The van der Waals surface area contributed by atoms with Crippen LogP contribution < -0.4 is 5.32 Å². The summed E-state index contributed by atoms with van der Waals surface area (Å²) in [5.74, 6) is 0.702. The summed E-state index contributed by atoms with van der Waals surface area (Å²) in [5.41, 5.74) is 2.32. The van der Waals surface area contributed by atoms with Crippen molar-refractivity contribution in [1.29, 1.82) is 0 Å². The molecule has 0 radical (unpaired) electrons. The van der Waals surface area contributed by atoms with Crippen LogP contribution in [-0.4, -0.2) is 16.6 Å². The molecule has 6 heteroatoms. The Kier molecular flexibility index (Phi) is 5.15. The highest BCUT2D eigenvalue weighted by Gasteiger charge is 2.11. The largest absolute Gasteiger partial charge is 0.322 e. The van der Waals surface area contributed by atoms with E-state index in [0.29, 0.717) is 5.56 Å². The second-order valence-electron chi connectivity index (χ2n) is 4.70. The van der Waals surface area contributed by atoms with Gasteiger partial charge in [0.25, 0.3) is 5.91 Å². The summed E-state index contributed by atoms with van der Waals surface area (Å²) >= 11 is 6.68. The van der Waals surface area contributed by atoms with Crippen molar-refractivity contribution in [2.75, 3.05) is 11.1 Å². The first-order valence-electron chi connectivity index (χ1n) is 6.87. The number of carbonyl (C=O) groups excluding carboxylic acids is 1. The third-order valence-electron chi connectivity index (χ3n) is 3.07. The third kappa shape index (κ3) is 3.83. The molecule has 0 bridgehead atoms. The van der Waals surface area contributed by atoms with Crippen LogP contribution in [-0.2, 0) is 0 Å². The number of fused-ring (bicyclic) bond motifs is 1. The maximum absolute atomic E-state index is 12.3. The molecule has 0 aliphatic heterocycles. The predicted octanol–water partition coefficient (Wildman–Crippen LogP) is 5.59. The van der Waals surface area contributed by atoms with Crippen molar-refractivity contribution >= 4 is 60.8 Å². The highest BCUT2D eigenvalue weighted by molar-refractivity contribution is 9.10. The normalized spacial score (nSPS) is 10.7. The number of thioether (sulfide) groups is 1. The number of aromatic nitrogens is 1. The Bertz CT molecular complexity index is 876. The lowest BCUT2D eigenvalue weighted by atomic mass is 10.2. The predicted molar refractivity (Wildman–Crippen MR) is 103 cm³/mol. The molecule has 0 spiro atoms. The molecule has 23 heavy (non-hydrogen) atoms. The van der Waals surface area contributed by atoms with Crippen molar-refractivity contribution in [1.82, 2.24) is 4.98 Å². The molecular formula is C17H13BrN2OS2. The molecule has 116 valence electrons. The number of carbonyl (C=O) groups is 1. The Hall–Kier alpha value is -1.63.